The molecule has 0 saturated carbocycles. The van der Waals surface area contributed by atoms with E-state index in [4.69, 9.17) is 5.73 Å². The molecule has 1 saturated heterocycles. The fourth-order valence-corrected chi connectivity index (χ4v) is 2.35. The van der Waals surface area contributed by atoms with Crippen molar-refractivity contribution < 1.29 is 4.79 Å². The second-order valence-electron chi connectivity index (χ2n) is 4.79. The Labute approximate surface area is 108 Å². The summed E-state index contributed by atoms with van der Waals surface area (Å²) >= 11 is 0. The summed E-state index contributed by atoms with van der Waals surface area (Å²) in [6.07, 6.45) is 4.81. The summed E-state index contributed by atoms with van der Waals surface area (Å²) in [5, 5.41) is 3.33. The van der Waals surface area contributed by atoms with Crippen molar-refractivity contribution in [1.82, 2.24) is 4.90 Å². The van der Waals surface area contributed by atoms with Crippen LogP contribution in [0.15, 0.2) is 18.2 Å². The zero-order valence-corrected chi connectivity index (χ0v) is 10.7. The molecule has 4 nitrogen and oxygen atoms in total. The SMILES string of the molecule is Nc1cc(C=O)ccc1NCCN1CCCCC1. The summed E-state index contributed by atoms with van der Waals surface area (Å²) in [5.74, 6) is 0. The van der Waals surface area contributed by atoms with E-state index < -0.39 is 0 Å². The monoisotopic (exact) mass is 247 g/mol. The van der Waals surface area contributed by atoms with Crippen LogP contribution in [0.4, 0.5) is 11.4 Å². The quantitative estimate of drug-likeness (QED) is 0.617. The van der Waals surface area contributed by atoms with Crippen LogP contribution in [-0.2, 0) is 0 Å². The van der Waals surface area contributed by atoms with Crippen molar-refractivity contribution in [3.05, 3.63) is 23.8 Å². The maximum absolute atomic E-state index is 10.6. The number of piperidine rings is 1. The van der Waals surface area contributed by atoms with Crippen molar-refractivity contribution in [1.29, 1.82) is 0 Å². The van der Waals surface area contributed by atoms with Crippen LogP contribution < -0.4 is 11.1 Å². The second-order valence-corrected chi connectivity index (χ2v) is 4.79. The van der Waals surface area contributed by atoms with Gasteiger partial charge >= 0.3 is 0 Å². The highest BCUT2D eigenvalue weighted by molar-refractivity contribution is 5.80. The molecule has 18 heavy (non-hydrogen) atoms. The standard InChI is InChI=1S/C14H21N3O/c15-13-10-12(11-18)4-5-14(13)16-6-9-17-7-2-1-3-8-17/h4-5,10-11,16H,1-3,6-9,15H2. The zero-order chi connectivity index (χ0) is 12.8. The highest BCUT2D eigenvalue weighted by atomic mass is 16.1. The summed E-state index contributed by atoms with van der Waals surface area (Å²) in [6, 6.07) is 5.36. The minimum Gasteiger partial charge on any atom is -0.397 e. The highest BCUT2D eigenvalue weighted by Gasteiger charge is 2.09. The van der Waals surface area contributed by atoms with Crippen LogP contribution in [0.2, 0.25) is 0 Å². The van der Waals surface area contributed by atoms with Gasteiger partial charge in [0.05, 0.1) is 11.4 Å². The predicted octanol–water partition coefficient (Wildman–Crippen LogP) is 1.98. The van der Waals surface area contributed by atoms with Gasteiger partial charge in [-0.3, -0.25) is 4.79 Å². The molecule has 0 spiro atoms. The van der Waals surface area contributed by atoms with Crippen molar-refractivity contribution in [2.45, 2.75) is 19.3 Å². The number of nitrogen functional groups attached to an aromatic ring is 1. The topological polar surface area (TPSA) is 58.4 Å². The van der Waals surface area contributed by atoms with Gasteiger partial charge in [0.2, 0.25) is 0 Å². The van der Waals surface area contributed by atoms with E-state index >= 15 is 0 Å². The summed E-state index contributed by atoms with van der Waals surface area (Å²) in [5.41, 5.74) is 8.05. The van der Waals surface area contributed by atoms with Crippen molar-refractivity contribution in [2.24, 2.45) is 0 Å². The average molecular weight is 247 g/mol. The fraction of sp³-hybridized carbons (Fsp3) is 0.500. The first-order valence-electron chi connectivity index (χ1n) is 6.60. The number of likely N-dealkylation sites (tertiary alicyclic amines) is 1. The lowest BCUT2D eigenvalue weighted by Gasteiger charge is -2.26. The van der Waals surface area contributed by atoms with Gasteiger partial charge in [0.15, 0.2) is 0 Å². The summed E-state index contributed by atoms with van der Waals surface area (Å²) in [6.45, 7) is 4.36. The largest absolute Gasteiger partial charge is 0.397 e. The minimum atomic E-state index is 0.620. The van der Waals surface area contributed by atoms with Crippen molar-refractivity contribution in [2.75, 3.05) is 37.2 Å². The summed E-state index contributed by atoms with van der Waals surface area (Å²) in [4.78, 5) is 13.1. The third kappa shape index (κ3) is 3.47. The third-order valence-corrected chi connectivity index (χ3v) is 3.40. The van der Waals surface area contributed by atoms with Gasteiger partial charge in [0.1, 0.15) is 6.29 Å². The maximum atomic E-state index is 10.6. The highest BCUT2D eigenvalue weighted by Crippen LogP contribution is 2.18. The summed E-state index contributed by atoms with van der Waals surface area (Å²) < 4.78 is 0. The minimum absolute atomic E-state index is 0.620. The molecule has 1 aromatic carbocycles. The molecule has 1 aliphatic heterocycles. The van der Waals surface area contributed by atoms with Crippen LogP contribution in [0.25, 0.3) is 0 Å². The number of rotatable bonds is 5. The Morgan fingerprint density at radius 1 is 1.28 bits per heavy atom. The van der Waals surface area contributed by atoms with Crippen LogP contribution >= 0.6 is 0 Å². The lowest BCUT2D eigenvalue weighted by atomic mass is 10.1. The van der Waals surface area contributed by atoms with Gasteiger partial charge in [-0.05, 0) is 44.1 Å². The number of aldehydes is 1. The maximum Gasteiger partial charge on any atom is 0.150 e. The van der Waals surface area contributed by atoms with Crippen molar-refractivity contribution >= 4 is 17.7 Å². The van der Waals surface area contributed by atoms with Crippen LogP contribution in [0.5, 0.6) is 0 Å². The number of hydrogen-bond acceptors (Lipinski definition) is 4. The molecular formula is C14H21N3O. The number of carbonyl (C=O) groups excluding carboxylic acids is 1. The van der Waals surface area contributed by atoms with Gasteiger partial charge in [-0.1, -0.05) is 6.42 Å². The van der Waals surface area contributed by atoms with E-state index in [0.29, 0.717) is 11.3 Å². The third-order valence-electron chi connectivity index (χ3n) is 3.40. The van der Waals surface area contributed by atoms with Gasteiger partial charge in [0, 0.05) is 18.7 Å². The molecule has 1 fully saturated rings. The summed E-state index contributed by atoms with van der Waals surface area (Å²) in [7, 11) is 0. The molecule has 1 aliphatic rings. The molecule has 98 valence electrons. The first kappa shape index (κ1) is 12.9. The Kier molecular flexibility index (Phi) is 4.59. The predicted molar refractivity (Wildman–Crippen MR) is 75.0 cm³/mol. The number of nitrogens with one attached hydrogen (secondary N) is 1. The average Bonchev–Trinajstić information content (AvgIpc) is 2.42. The van der Waals surface area contributed by atoms with Crippen LogP contribution in [0, 0.1) is 0 Å². The molecule has 0 aromatic heterocycles. The lowest BCUT2D eigenvalue weighted by Crippen LogP contribution is -2.33. The van der Waals surface area contributed by atoms with Gasteiger partial charge in [-0.15, -0.1) is 0 Å². The Balaban J connectivity index is 1.80. The zero-order valence-electron chi connectivity index (χ0n) is 10.7. The number of carbonyl (C=O) groups is 1. The van der Waals surface area contributed by atoms with E-state index in [1.54, 1.807) is 12.1 Å². The lowest BCUT2D eigenvalue weighted by molar-refractivity contribution is 0.112. The van der Waals surface area contributed by atoms with Gasteiger partial charge in [-0.25, -0.2) is 0 Å². The molecule has 0 bridgehead atoms. The second kappa shape index (κ2) is 6.40. The number of anilines is 2. The molecule has 0 unspecified atom stereocenters. The van der Waals surface area contributed by atoms with E-state index in [0.717, 1.165) is 25.1 Å². The van der Waals surface area contributed by atoms with Crippen molar-refractivity contribution in [3.8, 4) is 0 Å². The van der Waals surface area contributed by atoms with E-state index in [9.17, 15) is 4.79 Å². The smallest absolute Gasteiger partial charge is 0.150 e. The van der Waals surface area contributed by atoms with Crippen LogP contribution in [0.3, 0.4) is 0 Å². The Morgan fingerprint density at radius 2 is 2.06 bits per heavy atom. The molecule has 2 rings (SSSR count). The first-order chi connectivity index (χ1) is 8.79. The number of nitrogens with two attached hydrogens (primary N) is 1. The van der Waals surface area contributed by atoms with Gasteiger partial charge in [0.25, 0.3) is 0 Å². The molecular weight excluding hydrogens is 226 g/mol. The van der Waals surface area contributed by atoms with E-state index in [1.807, 2.05) is 6.07 Å². The molecule has 0 atom stereocenters. The number of benzene rings is 1. The van der Waals surface area contributed by atoms with E-state index in [2.05, 4.69) is 10.2 Å². The molecule has 0 radical (unpaired) electrons. The van der Waals surface area contributed by atoms with Gasteiger partial charge in [-0.2, -0.15) is 0 Å². The van der Waals surface area contributed by atoms with Crippen LogP contribution in [0.1, 0.15) is 29.6 Å². The number of nitrogens with zero attached hydrogens (tertiary/aromatic N) is 1. The Morgan fingerprint density at radius 3 is 2.72 bits per heavy atom. The molecule has 1 heterocycles. The van der Waals surface area contributed by atoms with Gasteiger partial charge < -0.3 is 16.0 Å². The Hall–Kier alpha value is -1.55. The number of hydrogen-bond donors (Lipinski definition) is 2. The molecule has 0 aliphatic carbocycles. The molecule has 4 heteroatoms. The molecule has 3 N–H and O–H groups in total. The van der Waals surface area contributed by atoms with Crippen molar-refractivity contribution in [3.63, 3.8) is 0 Å². The molecule has 1 aromatic rings. The fourth-order valence-electron chi connectivity index (χ4n) is 2.35. The first-order valence-corrected chi connectivity index (χ1v) is 6.60. The van der Waals surface area contributed by atoms with E-state index in [1.165, 1.54) is 32.4 Å². The van der Waals surface area contributed by atoms with Crippen LogP contribution in [-0.4, -0.2) is 37.4 Å². The molecule has 0 amide bonds. The van der Waals surface area contributed by atoms with E-state index in [-0.39, 0.29) is 0 Å². The normalized spacial score (nSPS) is 16.4. The Bertz CT molecular complexity index is 400.